The number of nitriles is 1. The lowest BCUT2D eigenvalue weighted by Gasteiger charge is -2.26. The van der Waals surface area contributed by atoms with Crippen LogP contribution in [0.2, 0.25) is 0 Å². The fourth-order valence-corrected chi connectivity index (χ4v) is 7.95. The molecule has 1 N–H and O–H groups in total. The van der Waals surface area contributed by atoms with E-state index in [0.717, 1.165) is 18.4 Å². The van der Waals surface area contributed by atoms with Gasteiger partial charge in [-0.05, 0) is 66.6 Å². The van der Waals surface area contributed by atoms with Crippen molar-refractivity contribution in [1.82, 2.24) is 23.9 Å². The first-order valence-electron chi connectivity index (χ1n) is 14.1. The number of aromatic nitrogens is 4. The van der Waals surface area contributed by atoms with E-state index in [1.165, 1.54) is 27.2 Å². The summed E-state index contributed by atoms with van der Waals surface area (Å²) >= 11 is 0. The highest BCUT2D eigenvalue weighted by Gasteiger charge is 2.40. The second-order valence-electron chi connectivity index (χ2n) is 11.2. The normalized spacial score (nSPS) is 18.1. The molecule has 0 unspecified atom stereocenters. The summed E-state index contributed by atoms with van der Waals surface area (Å²) in [5.41, 5.74) is 3.63. The van der Waals surface area contributed by atoms with Gasteiger partial charge in [-0.3, -0.25) is 9.20 Å². The molecular formula is C30H31F2N7O4S2. The molecule has 2 aliphatic heterocycles. The molecule has 236 valence electrons. The molecule has 0 radical (unpaired) electrons. The standard InChI is InChI=1S/C30H29F2N7O4S.H2S/c1-17-5-6-20(24(12-26(40)41)23-7-9-39-28(18(23)2)35-36-30(39)27(31)32)11-21(17)15-37-16-22-4-3-8-38(22)29-25(44(37,42)43)10-19(13-33)14-34-29;/h5-7,9-11,14,22,24,27H,3-4,8,12,15-16H2,1-2H3,(H,40,41);1H2/t22-,24+;/m0./s1. The van der Waals surface area contributed by atoms with Crippen molar-refractivity contribution in [2.24, 2.45) is 0 Å². The van der Waals surface area contributed by atoms with Crippen LogP contribution in [0, 0.1) is 25.2 Å². The Morgan fingerprint density at radius 2 is 1.98 bits per heavy atom. The minimum absolute atomic E-state index is 0. The van der Waals surface area contributed by atoms with Crippen molar-refractivity contribution in [3.63, 3.8) is 0 Å². The SMILES string of the molecule is Cc1ccc([C@@H](CC(=O)O)c2ccn3c(C(F)F)nnc3c2C)cc1CN1C[C@@H]2CCCN2c2ncc(C#N)cc2S1(=O)=O.S. The maximum absolute atomic E-state index is 14.0. The first-order chi connectivity index (χ1) is 21.0. The number of anilines is 1. The molecule has 0 bridgehead atoms. The summed E-state index contributed by atoms with van der Waals surface area (Å²) in [7, 11) is -4.04. The second-order valence-corrected chi connectivity index (χ2v) is 13.1. The fourth-order valence-electron chi connectivity index (χ4n) is 6.32. The van der Waals surface area contributed by atoms with Crippen LogP contribution < -0.4 is 4.90 Å². The number of nitrogens with zero attached hydrogens (tertiary/aromatic N) is 7. The van der Waals surface area contributed by atoms with Crippen molar-refractivity contribution in [3.8, 4) is 6.07 Å². The van der Waals surface area contributed by atoms with E-state index in [-0.39, 0.29) is 55.2 Å². The van der Waals surface area contributed by atoms with Gasteiger partial charge in [0, 0.05) is 44.0 Å². The van der Waals surface area contributed by atoms with Crippen LogP contribution in [0.25, 0.3) is 5.65 Å². The van der Waals surface area contributed by atoms with Crippen LogP contribution in [-0.4, -0.2) is 62.5 Å². The molecule has 1 aromatic carbocycles. The summed E-state index contributed by atoms with van der Waals surface area (Å²) in [4.78, 5) is 18.4. The fraction of sp³-hybridized carbons (Fsp3) is 0.367. The van der Waals surface area contributed by atoms with Crippen LogP contribution in [0.15, 0.2) is 47.6 Å². The van der Waals surface area contributed by atoms with Crippen molar-refractivity contribution in [3.05, 3.63) is 81.9 Å². The van der Waals surface area contributed by atoms with Gasteiger partial charge in [0.25, 0.3) is 6.43 Å². The molecule has 2 aliphatic rings. The van der Waals surface area contributed by atoms with Crippen molar-refractivity contribution in [1.29, 1.82) is 5.26 Å². The molecule has 0 aliphatic carbocycles. The molecule has 0 saturated carbocycles. The first-order valence-corrected chi connectivity index (χ1v) is 15.5. The van der Waals surface area contributed by atoms with Gasteiger partial charge in [-0.15, -0.1) is 10.2 Å². The topological polar surface area (TPSA) is 145 Å². The van der Waals surface area contributed by atoms with Gasteiger partial charge >= 0.3 is 5.97 Å². The molecule has 5 heterocycles. The summed E-state index contributed by atoms with van der Waals surface area (Å²) in [5.74, 6) is -1.87. The number of carboxylic acids is 1. The minimum atomic E-state index is -4.04. The van der Waals surface area contributed by atoms with Crippen LogP contribution in [0.1, 0.15) is 70.8 Å². The number of aliphatic carboxylic acids is 1. The maximum Gasteiger partial charge on any atom is 0.304 e. The minimum Gasteiger partial charge on any atom is -0.481 e. The van der Waals surface area contributed by atoms with Crippen molar-refractivity contribution < 1.29 is 27.1 Å². The van der Waals surface area contributed by atoms with Gasteiger partial charge in [0.1, 0.15) is 16.8 Å². The van der Waals surface area contributed by atoms with E-state index < -0.39 is 34.2 Å². The highest BCUT2D eigenvalue weighted by Crippen LogP contribution is 2.38. The third-order valence-corrected chi connectivity index (χ3v) is 10.4. The van der Waals surface area contributed by atoms with E-state index in [0.29, 0.717) is 34.6 Å². The molecule has 3 aromatic heterocycles. The van der Waals surface area contributed by atoms with E-state index in [9.17, 15) is 32.4 Å². The monoisotopic (exact) mass is 655 g/mol. The van der Waals surface area contributed by atoms with E-state index >= 15 is 0 Å². The number of aryl methyl sites for hydroxylation is 2. The molecule has 45 heavy (non-hydrogen) atoms. The van der Waals surface area contributed by atoms with Crippen molar-refractivity contribution in [2.45, 2.75) is 62.9 Å². The lowest BCUT2D eigenvalue weighted by Crippen LogP contribution is -2.39. The van der Waals surface area contributed by atoms with Gasteiger partial charge in [-0.25, -0.2) is 22.2 Å². The smallest absolute Gasteiger partial charge is 0.304 e. The van der Waals surface area contributed by atoms with Crippen LogP contribution in [0.4, 0.5) is 14.6 Å². The highest BCUT2D eigenvalue weighted by atomic mass is 32.2. The van der Waals surface area contributed by atoms with Gasteiger partial charge in [0.05, 0.1) is 12.0 Å². The highest BCUT2D eigenvalue weighted by molar-refractivity contribution is 7.89. The number of pyridine rings is 2. The summed E-state index contributed by atoms with van der Waals surface area (Å²) < 4.78 is 57.6. The number of hydrogen-bond acceptors (Lipinski definition) is 8. The van der Waals surface area contributed by atoms with Gasteiger partial charge in [0.2, 0.25) is 15.8 Å². The summed E-state index contributed by atoms with van der Waals surface area (Å²) in [6.45, 7) is 4.48. The molecule has 0 amide bonds. The molecule has 6 rings (SSSR count). The van der Waals surface area contributed by atoms with E-state index in [1.54, 1.807) is 19.1 Å². The Bertz CT molecular complexity index is 1940. The third kappa shape index (κ3) is 5.73. The molecule has 4 aromatic rings. The zero-order chi connectivity index (χ0) is 31.3. The van der Waals surface area contributed by atoms with E-state index in [4.69, 9.17) is 0 Å². The lowest BCUT2D eigenvalue weighted by molar-refractivity contribution is -0.137. The summed E-state index contributed by atoms with van der Waals surface area (Å²) in [6, 6.07) is 10.3. The van der Waals surface area contributed by atoms with Crippen LogP contribution in [-0.2, 0) is 21.4 Å². The Kier molecular flexibility index (Phi) is 8.85. The molecule has 11 nitrogen and oxygen atoms in total. The largest absolute Gasteiger partial charge is 0.481 e. The number of carbonyl (C=O) groups is 1. The number of rotatable bonds is 7. The number of sulfonamides is 1. The van der Waals surface area contributed by atoms with Gasteiger partial charge in [-0.1, -0.05) is 18.2 Å². The van der Waals surface area contributed by atoms with Crippen molar-refractivity contribution >= 4 is 41.0 Å². The number of alkyl halides is 2. The van der Waals surface area contributed by atoms with Crippen LogP contribution in [0.5, 0.6) is 0 Å². The predicted molar refractivity (Wildman–Crippen MR) is 165 cm³/mol. The average Bonchev–Trinajstić information content (AvgIpc) is 3.63. The number of carboxylic acid groups (broad SMARTS) is 1. The number of fused-ring (bicyclic) bond motifs is 4. The Morgan fingerprint density at radius 1 is 1.20 bits per heavy atom. The molecule has 0 spiro atoms. The zero-order valence-corrected chi connectivity index (χ0v) is 26.3. The van der Waals surface area contributed by atoms with Crippen LogP contribution in [0.3, 0.4) is 0 Å². The lowest BCUT2D eigenvalue weighted by atomic mass is 9.85. The Balaban J connectivity index is 0.00000400. The molecule has 1 fully saturated rings. The summed E-state index contributed by atoms with van der Waals surface area (Å²) in [6.07, 6.45) is 1.38. The van der Waals surface area contributed by atoms with E-state index in [2.05, 4.69) is 15.2 Å². The first kappa shape index (κ1) is 32.3. The Morgan fingerprint density at radius 3 is 2.69 bits per heavy atom. The second kappa shape index (κ2) is 12.3. The van der Waals surface area contributed by atoms with Crippen LogP contribution >= 0.6 is 13.5 Å². The number of benzene rings is 1. The number of hydrogen-bond donors (Lipinski definition) is 1. The average molecular weight is 656 g/mol. The quantitative estimate of drug-likeness (QED) is 0.305. The molecule has 2 atom stereocenters. The van der Waals surface area contributed by atoms with Gasteiger partial charge < -0.3 is 10.0 Å². The summed E-state index contributed by atoms with van der Waals surface area (Å²) in [5, 5.41) is 26.8. The molecule has 15 heteroatoms. The molecular weight excluding hydrogens is 625 g/mol. The third-order valence-electron chi connectivity index (χ3n) is 8.61. The Hall–Kier alpha value is -4.13. The number of halogens is 2. The Labute approximate surface area is 265 Å². The van der Waals surface area contributed by atoms with Gasteiger partial charge in [0.15, 0.2) is 5.65 Å². The maximum atomic E-state index is 14.0. The zero-order valence-electron chi connectivity index (χ0n) is 24.5. The van der Waals surface area contributed by atoms with Crippen molar-refractivity contribution in [2.75, 3.05) is 18.0 Å². The van der Waals surface area contributed by atoms with Gasteiger partial charge in [-0.2, -0.15) is 23.1 Å². The molecule has 1 saturated heterocycles. The van der Waals surface area contributed by atoms with E-state index in [1.807, 2.05) is 30.0 Å². The predicted octanol–water partition coefficient (Wildman–Crippen LogP) is 4.44.